The van der Waals surface area contributed by atoms with Crippen molar-refractivity contribution >= 4 is 29.3 Å². The van der Waals surface area contributed by atoms with Gasteiger partial charge >= 0.3 is 5.97 Å². The number of carboxylic acid groups (broad SMARTS) is 1. The molecule has 140 valence electrons. The molecule has 0 saturated carbocycles. The van der Waals surface area contributed by atoms with Crippen molar-refractivity contribution in [2.75, 3.05) is 5.32 Å². The molecule has 1 amide bonds. The number of halogens is 2. The van der Waals surface area contributed by atoms with Gasteiger partial charge in [-0.3, -0.25) is 19.0 Å². The minimum Gasteiger partial charge on any atom is -0.480 e. The summed E-state index contributed by atoms with van der Waals surface area (Å²) >= 11 is 6.04. The number of hydrogen-bond donors (Lipinski definition) is 2. The average Bonchev–Trinajstić information content (AvgIpc) is 3.16. The van der Waals surface area contributed by atoms with Crippen LogP contribution in [0.25, 0.3) is 0 Å². The number of amides is 1. The second kappa shape index (κ2) is 7.58. The number of rotatable bonds is 6. The van der Waals surface area contributed by atoms with E-state index in [0.717, 1.165) is 10.4 Å². The Morgan fingerprint density at radius 2 is 2.11 bits per heavy atom. The third-order valence-corrected chi connectivity index (χ3v) is 4.10. The van der Waals surface area contributed by atoms with E-state index in [4.69, 9.17) is 16.7 Å². The fourth-order valence-corrected chi connectivity index (χ4v) is 2.66. The van der Waals surface area contributed by atoms with E-state index in [1.807, 2.05) is 6.92 Å². The van der Waals surface area contributed by atoms with Crippen LogP contribution in [0, 0.1) is 12.7 Å². The van der Waals surface area contributed by atoms with Crippen molar-refractivity contribution in [2.24, 2.45) is 0 Å². The van der Waals surface area contributed by atoms with Crippen LogP contribution in [0.5, 0.6) is 0 Å². The lowest BCUT2D eigenvalue weighted by Crippen LogP contribution is -2.13. The van der Waals surface area contributed by atoms with Crippen LogP contribution >= 0.6 is 11.6 Å². The Labute approximate surface area is 158 Å². The average molecular weight is 392 g/mol. The molecule has 0 bridgehead atoms. The summed E-state index contributed by atoms with van der Waals surface area (Å²) in [7, 11) is 0. The summed E-state index contributed by atoms with van der Waals surface area (Å²) < 4.78 is 15.9. The van der Waals surface area contributed by atoms with Crippen molar-refractivity contribution in [3.05, 3.63) is 64.3 Å². The molecular formula is C17H15ClFN5O3. The number of carbonyl (C=O) groups is 2. The van der Waals surface area contributed by atoms with E-state index in [1.54, 1.807) is 16.8 Å². The highest BCUT2D eigenvalue weighted by Crippen LogP contribution is 2.20. The molecule has 8 nitrogen and oxygen atoms in total. The summed E-state index contributed by atoms with van der Waals surface area (Å²) in [6, 6.07) is 5.80. The summed E-state index contributed by atoms with van der Waals surface area (Å²) in [5.74, 6) is -1.62. The van der Waals surface area contributed by atoms with Crippen LogP contribution < -0.4 is 5.32 Å². The minimum absolute atomic E-state index is 0.213. The number of carboxylic acids is 1. The van der Waals surface area contributed by atoms with E-state index < -0.39 is 17.7 Å². The molecule has 0 atom stereocenters. The van der Waals surface area contributed by atoms with Crippen molar-refractivity contribution in [2.45, 2.75) is 20.0 Å². The predicted octanol–water partition coefficient (Wildman–Crippen LogP) is 2.57. The molecule has 0 saturated heterocycles. The second-order valence-corrected chi connectivity index (χ2v) is 6.25. The molecule has 27 heavy (non-hydrogen) atoms. The number of carbonyl (C=O) groups excluding carboxylic acids is 1. The normalized spacial score (nSPS) is 10.8. The maximum atomic E-state index is 13.2. The number of aliphatic carboxylic acids is 1. The Morgan fingerprint density at radius 3 is 2.81 bits per heavy atom. The zero-order valence-electron chi connectivity index (χ0n) is 14.2. The SMILES string of the molecule is Cc1cc(NC(=O)c2cnn(CC(=O)O)c2)nn1Cc1ccc(F)cc1Cl. The Balaban J connectivity index is 1.71. The van der Waals surface area contributed by atoms with Gasteiger partial charge in [0.05, 0.1) is 18.3 Å². The van der Waals surface area contributed by atoms with Gasteiger partial charge in [-0.2, -0.15) is 10.2 Å². The van der Waals surface area contributed by atoms with E-state index in [0.29, 0.717) is 22.9 Å². The molecule has 3 rings (SSSR count). The van der Waals surface area contributed by atoms with Crippen LogP contribution in [0.4, 0.5) is 10.2 Å². The molecule has 1 aromatic carbocycles. The lowest BCUT2D eigenvalue weighted by molar-refractivity contribution is -0.137. The van der Waals surface area contributed by atoms with Crippen LogP contribution in [0.15, 0.2) is 36.7 Å². The monoisotopic (exact) mass is 391 g/mol. The van der Waals surface area contributed by atoms with E-state index in [-0.39, 0.29) is 12.1 Å². The molecule has 10 heteroatoms. The van der Waals surface area contributed by atoms with E-state index in [1.165, 1.54) is 24.5 Å². The number of hydrogen-bond acceptors (Lipinski definition) is 4. The summed E-state index contributed by atoms with van der Waals surface area (Å²) in [5.41, 5.74) is 1.68. The molecule has 0 radical (unpaired) electrons. The van der Waals surface area contributed by atoms with Gasteiger partial charge in [-0.05, 0) is 24.6 Å². The third-order valence-electron chi connectivity index (χ3n) is 3.75. The Bertz CT molecular complexity index is 1010. The quantitative estimate of drug-likeness (QED) is 0.672. The lowest BCUT2D eigenvalue weighted by Gasteiger charge is -2.06. The first kappa shape index (κ1) is 18.6. The highest BCUT2D eigenvalue weighted by atomic mass is 35.5. The predicted molar refractivity (Wildman–Crippen MR) is 95.3 cm³/mol. The summed E-state index contributed by atoms with van der Waals surface area (Å²) in [4.78, 5) is 22.9. The van der Waals surface area contributed by atoms with Crippen molar-refractivity contribution in [1.82, 2.24) is 19.6 Å². The van der Waals surface area contributed by atoms with E-state index >= 15 is 0 Å². The van der Waals surface area contributed by atoms with Crippen molar-refractivity contribution in [3.63, 3.8) is 0 Å². The number of aryl methyl sites for hydroxylation is 1. The minimum atomic E-state index is -1.06. The fraction of sp³-hybridized carbons (Fsp3) is 0.176. The summed E-state index contributed by atoms with van der Waals surface area (Å²) in [5, 5.41) is 19.8. The lowest BCUT2D eigenvalue weighted by atomic mass is 10.2. The number of benzene rings is 1. The molecule has 2 aromatic heterocycles. The fourth-order valence-electron chi connectivity index (χ4n) is 2.44. The molecule has 2 heterocycles. The van der Waals surface area contributed by atoms with Gasteiger partial charge in [-0.15, -0.1) is 0 Å². The molecular weight excluding hydrogens is 377 g/mol. The van der Waals surface area contributed by atoms with Crippen LogP contribution in [0.2, 0.25) is 5.02 Å². The Kier molecular flexibility index (Phi) is 5.22. The van der Waals surface area contributed by atoms with E-state index in [9.17, 15) is 14.0 Å². The first-order valence-electron chi connectivity index (χ1n) is 7.86. The van der Waals surface area contributed by atoms with Gasteiger partial charge in [0.25, 0.3) is 5.91 Å². The molecule has 0 unspecified atom stereocenters. The van der Waals surface area contributed by atoms with Gasteiger partial charge in [0.2, 0.25) is 0 Å². The third kappa shape index (κ3) is 4.50. The molecule has 0 spiro atoms. The molecule has 2 N–H and O–H groups in total. The second-order valence-electron chi connectivity index (χ2n) is 5.84. The topological polar surface area (TPSA) is 102 Å². The van der Waals surface area contributed by atoms with Crippen molar-refractivity contribution < 1.29 is 19.1 Å². The Morgan fingerprint density at radius 1 is 1.33 bits per heavy atom. The maximum absolute atomic E-state index is 13.2. The molecule has 3 aromatic rings. The van der Waals surface area contributed by atoms with Gasteiger partial charge in [-0.1, -0.05) is 17.7 Å². The van der Waals surface area contributed by atoms with Crippen molar-refractivity contribution in [1.29, 1.82) is 0 Å². The van der Waals surface area contributed by atoms with Crippen LogP contribution in [-0.4, -0.2) is 36.5 Å². The molecule has 0 aliphatic rings. The van der Waals surface area contributed by atoms with Gasteiger partial charge < -0.3 is 10.4 Å². The van der Waals surface area contributed by atoms with E-state index in [2.05, 4.69) is 15.5 Å². The highest BCUT2D eigenvalue weighted by Gasteiger charge is 2.14. The number of aromatic nitrogens is 4. The molecule has 0 aliphatic carbocycles. The smallest absolute Gasteiger partial charge is 0.325 e. The summed E-state index contributed by atoms with van der Waals surface area (Å²) in [6.45, 7) is 1.79. The molecule has 0 aliphatic heterocycles. The van der Waals surface area contributed by atoms with Crippen LogP contribution in [-0.2, 0) is 17.9 Å². The highest BCUT2D eigenvalue weighted by molar-refractivity contribution is 6.31. The zero-order valence-corrected chi connectivity index (χ0v) is 14.9. The largest absolute Gasteiger partial charge is 0.480 e. The van der Waals surface area contributed by atoms with Gasteiger partial charge in [-0.25, -0.2) is 4.39 Å². The van der Waals surface area contributed by atoms with Gasteiger partial charge in [0, 0.05) is 23.0 Å². The molecule has 0 fully saturated rings. The zero-order chi connectivity index (χ0) is 19.6. The van der Waals surface area contributed by atoms with Gasteiger partial charge in [0.1, 0.15) is 12.4 Å². The Hall–Kier alpha value is -3.20. The first-order valence-corrected chi connectivity index (χ1v) is 8.23. The maximum Gasteiger partial charge on any atom is 0.325 e. The van der Waals surface area contributed by atoms with Crippen molar-refractivity contribution in [3.8, 4) is 0 Å². The van der Waals surface area contributed by atoms with Gasteiger partial charge in [0.15, 0.2) is 5.82 Å². The van der Waals surface area contributed by atoms with Crippen LogP contribution in [0.1, 0.15) is 21.6 Å². The standard InChI is InChI=1S/C17H15ClFN5O3/c1-10-4-15(21-17(27)12-6-20-23(7-12)9-16(25)26)22-24(10)8-11-2-3-13(19)5-14(11)18/h2-7H,8-9H2,1H3,(H,25,26)(H,21,22,27). The number of nitrogens with one attached hydrogen (secondary N) is 1. The number of nitrogens with zero attached hydrogens (tertiary/aromatic N) is 4. The number of anilines is 1. The summed E-state index contributed by atoms with van der Waals surface area (Å²) in [6.07, 6.45) is 2.62. The van der Waals surface area contributed by atoms with Crippen LogP contribution in [0.3, 0.4) is 0 Å². The first-order chi connectivity index (χ1) is 12.8.